The smallest absolute Gasteiger partial charge is 0.475 e. The van der Waals surface area contributed by atoms with Crippen molar-refractivity contribution in [1.29, 1.82) is 0 Å². The number of rotatable bonds is 3. The van der Waals surface area contributed by atoms with E-state index in [0.29, 0.717) is 11.9 Å². The highest BCUT2D eigenvalue weighted by Crippen LogP contribution is 2.48. The van der Waals surface area contributed by atoms with Crippen molar-refractivity contribution in [3.63, 3.8) is 0 Å². The lowest BCUT2D eigenvalue weighted by Crippen LogP contribution is -2.55. The normalized spacial score (nSPS) is 24.1. The van der Waals surface area contributed by atoms with Crippen LogP contribution in [0.5, 0.6) is 5.75 Å². The van der Waals surface area contributed by atoms with Gasteiger partial charge in [0.15, 0.2) is 11.6 Å². The number of alkyl halides is 3. The zero-order valence-corrected chi connectivity index (χ0v) is 14.7. The molecule has 2 aliphatic rings. The predicted molar refractivity (Wildman–Crippen MR) is 85.4 cm³/mol. The van der Waals surface area contributed by atoms with Crippen molar-refractivity contribution >= 4 is 12.6 Å². The Hall–Kier alpha value is -1.28. The first-order valence-electron chi connectivity index (χ1n) is 8.28. The lowest BCUT2D eigenvalue weighted by atomic mass is 9.78. The molecule has 1 heterocycles. The zero-order valence-electron chi connectivity index (χ0n) is 14.7. The Morgan fingerprint density at radius 3 is 2.00 bits per heavy atom. The highest BCUT2D eigenvalue weighted by atomic mass is 19.4. The Morgan fingerprint density at radius 1 is 1.04 bits per heavy atom. The maximum Gasteiger partial charge on any atom is 0.494 e. The Labute approximate surface area is 144 Å². The third-order valence-corrected chi connectivity index (χ3v) is 5.46. The molecular formula is C17H21BF4O3. The monoisotopic (exact) mass is 360 g/mol. The van der Waals surface area contributed by atoms with Gasteiger partial charge in [0.2, 0.25) is 5.60 Å². The lowest BCUT2D eigenvalue weighted by Gasteiger charge is -2.42. The minimum atomic E-state index is -4.53. The molecule has 0 radical (unpaired) electrons. The van der Waals surface area contributed by atoms with Crippen LogP contribution in [0.4, 0.5) is 17.6 Å². The van der Waals surface area contributed by atoms with E-state index in [1.54, 1.807) is 0 Å². The highest BCUT2D eigenvalue weighted by molar-refractivity contribution is 6.62. The summed E-state index contributed by atoms with van der Waals surface area (Å²) in [5.74, 6) is -1.26. The molecule has 1 saturated heterocycles. The second kappa shape index (κ2) is 5.61. The molecule has 3 nitrogen and oxygen atoms in total. The molecule has 0 atom stereocenters. The van der Waals surface area contributed by atoms with Gasteiger partial charge in [-0.15, -0.1) is 0 Å². The van der Waals surface area contributed by atoms with Crippen LogP contribution in [0.1, 0.15) is 47.0 Å². The van der Waals surface area contributed by atoms with Crippen molar-refractivity contribution in [2.75, 3.05) is 0 Å². The molecule has 2 fully saturated rings. The van der Waals surface area contributed by atoms with Gasteiger partial charge in [-0.1, -0.05) is 6.07 Å². The van der Waals surface area contributed by atoms with Crippen LogP contribution in [0.3, 0.4) is 0 Å². The second-order valence-electron chi connectivity index (χ2n) is 7.73. The summed E-state index contributed by atoms with van der Waals surface area (Å²) in [6.45, 7) is 7.46. The standard InChI is InChI=1S/C17H21BF4O3/c1-14(2)15(3,4)25-18(24-14)11-6-7-13(12(19)10-11)23-16(8-5-9-16)17(20,21)22/h6-7,10H,5,8-9H2,1-4H3. The minimum Gasteiger partial charge on any atom is -0.475 e. The Kier molecular flexibility index (Phi) is 4.15. The van der Waals surface area contributed by atoms with Gasteiger partial charge in [-0.05, 0) is 64.6 Å². The van der Waals surface area contributed by atoms with Crippen molar-refractivity contribution in [1.82, 2.24) is 0 Å². The molecule has 0 N–H and O–H groups in total. The molecule has 1 aliphatic heterocycles. The van der Waals surface area contributed by atoms with Gasteiger partial charge in [-0.2, -0.15) is 13.2 Å². The van der Waals surface area contributed by atoms with Crippen LogP contribution in [0.15, 0.2) is 18.2 Å². The molecule has 0 spiro atoms. The first kappa shape index (κ1) is 18.5. The van der Waals surface area contributed by atoms with Crippen LogP contribution in [-0.4, -0.2) is 30.1 Å². The maximum absolute atomic E-state index is 14.4. The molecule has 138 valence electrons. The van der Waals surface area contributed by atoms with Gasteiger partial charge in [0.1, 0.15) is 0 Å². The molecule has 1 saturated carbocycles. The van der Waals surface area contributed by atoms with Gasteiger partial charge in [0.25, 0.3) is 0 Å². The van der Waals surface area contributed by atoms with Crippen molar-refractivity contribution in [2.45, 2.75) is 69.9 Å². The molecule has 3 rings (SSSR count). The molecule has 8 heteroatoms. The largest absolute Gasteiger partial charge is 0.494 e. The quantitative estimate of drug-likeness (QED) is 0.603. The molecular weight excluding hydrogens is 339 g/mol. The van der Waals surface area contributed by atoms with Crippen LogP contribution < -0.4 is 10.2 Å². The van der Waals surface area contributed by atoms with Crippen LogP contribution in [0.25, 0.3) is 0 Å². The maximum atomic E-state index is 14.4. The van der Waals surface area contributed by atoms with E-state index < -0.39 is 41.7 Å². The second-order valence-corrected chi connectivity index (χ2v) is 7.73. The van der Waals surface area contributed by atoms with Gasteiger partial charge in [-0.3, -0.25) is 0 Å². The zero-order chi connectivity index (χ0) is 18.7. The summed E-state index contributed by atoms with van der Waals surface area (Å²) in [6.07, 6.45) is -4.43. The van der Waals surface area contributed by atoms with Crippen molar-refractivity contribution < 1.29 is 31.6 Å². The molecule has 0 amide bonds. The van der Waals surface area contributed by atoms with Crippen LogP contribution in [0, 0.1) is 5.82 Å². The predicted octanol–water partition coefficient (Wildman–Crippen LogP) is 3.99. The van der Waals surface area contributed by atoms with Crippen LogP contribution in [0.2, 0.25) is 0 Å². The molecule has 1 aliphatic carbocycles. The molecule has 1 aromatic carbocycles. The molecule has 1 aromatic rings. The summed E-state index contributed by atoms with van der Waals surface area (Å²) in [6, 6.07) is 3.80. The average Bonchev–Trinajstić information content (AvgIpc) is 2.62. The third kappa shape index (κ3) is 3.03. The number of ether oxygens (including phenoxy) is 1. The fraction of sp³-hybridized carbons (Fsp3) is 0.647. The summed E-state index contributed by atoms with van der Waals surface area (Å²) in [4.78, 5) is 0. The number of hydrogen-bond acceptors (Lipinski definition) is 3. The third-order valence-electron chi connectivity index (χ3n) is 5.46. The van der Waals surface area contributed by atoms with Gasteiger partial charge < -0.3 is 14.0 Å². The Morgan fingerprint density at radius 2 is 1.60 bits per heavy atom. The number of benzene rings is 1. The fourth-order valence-corrected chi connectivity index (χ4v) is 2.88. The van der Waals surface area contributed by atoms with Crippen LogP contribution in [-0.2, 0) is 9.31 Å². The molecule has 0 aromatic heterocycles. The summed E-state index contributed by atoms with van der Waals surface area (Å²) in [5, 5.41) is 0. The fourth-order valence-electron chi connectivity index (χ4n) is 2.88. The van der Waals surface area contributed by atoms with E-state index in [2.05, 4.69) is 0 Å². The van der Waals surface area contributed by atoms with E-state index in [9.17, 15) is 17.6 Å². The highest BCUT2D eigenvalue weighted by Gasteiger charge is 2.61. The Bertz CT molecular complexity index is 652. The van der Waals surface area contributed by atoms with E-state index >= 15 is 0 Å². The van der Waals surface area contributed by atoms with Crippen molar-refractivity contribution in [2.24, 2.45) is 0 Å². The summed E-state index contributed by atoms with van der Waals surface area (Å²) < 4.78 is 70.6. The molecule has 0 unspecified atom stereocenters. The summed E-state index contributed by atoms with van der Waals surface area (Å²) in [7, 11) is -0.783. The van der Waals surface area contributed by atoms with E-state index in [1.165, 1.54) is 12.1 Å². The first-order valence-corrected chi connectivity index (χ1v) is 8.28. The summed E-state index contributed by atoms with van der Waals surface area (Å²) in [5.41, 5.74) is -3.05. The summed E-state index contributed by atoms with van der Waals surface area (Å²) >= 11 is 0. The van der Waals surface area contributed by atoms with Gasteiger partial charge in [0.05, 0.1) is 11.2 Å². The van der Waals surface area contributed by atoms with E-state index in [1.807, 2.05) is 27.7 Å². The van der Waals surface area contributed by atoms with E-state index in [4.69, 9.17) is 14.0 Å². The molecule has 0 bridgehead atoms. The number of halogens is 4. The van der Waals surface area contributed by atoms with Crippen LogP contribution >= 0.6 is 0 Å². The average molecular weight is 360 g/mol. The topological polar surface area (TPSA) is 27.7 Å². The first-order chi connectivity index (χ1) is 11.4. The minimum absolute atomic E-state index is 0.158. The SMILES string of the molecule is CC1(C)OB(c2ccc(OC3(C(F)(F)F)CCC3)c(F)c2)OC1(C)C. The van der Waals surface area contributed by atoms with Gasteiger partial charge in [0, 0.05) is 0 Å². The van der Waals surface area contributed by atoms with E-state index in [0.717, 1.165) is 6.07 Å². The van der Waals surface area contributed by atoms with E-state index in [-0.39, 0.29) is 12.8 Å². The molecule has 25 heavy (non-hydrogen) atoms. The van der Waals surface area contributed by atoms with Crippen molar-refractivity contribution in [3.8, 4) is 5.75 Å². The lowest BCUT2D eigenvalue weighted by molar-refractivity contribution is -0.274. The Balaban J connectivity index is 1.81. The van der Waals surface area contributed by atoms with Crippen molar-refractivity contribution in [3.05, 3.63) is 24.0 Å². The van der Waals surface area contributed by atoms with Gasteiger partial charge >= 0.3 is 13.3 Å². The number of hydrogen-bond donors (Lipinski definition) is 0. The van der Waals surface area contributed by atoms with Gasteiger partial charge in [-0.25, -0.2) is 4.39 Å².